The van der Waals surface area contributed by atoms with E-state index in [0.717, 1.165) is 61.5 Å². The Balaban J connectivity index is 1.56. The number of rotatable bonds is 4. The highest BCUT2D eigenvalue weighted by molar-refractivity contribution is 8.00. The highest BCUT2D eigenvalue weighted by Crippen LogP contribution is 2.30. The van der Waals surface area contributed by atoms with Crippen molar-refractivity contribution in [2.45, 2.75) is 29.9 Å². The van der Waals surface area contributed by atoms with E-state index in [1.165, 1.54) is 0 Å². The second-order valence-electron chi connectivity index (χ2n) is 6.52. The van der Waals surface area contributed by atoms with Gasteiger partial charge in [0, 0.05) is 18.0 Å². The Morgan fingerprint density at radius 1 is 1.22 bits per heavy atom. The summed E-state index contributed by atoms with van der Waals surface area (Å²) in [4.78, 5) is 16.0. The number of methoxy groups -OCH3 is 1. The molecule has 2 saturated heterocycles. The number of benzene rings is 1. The molecule has 126 valence electrons. The van der Waals surface area contributed by atoms with E-state index < -0.39 is 0 Å². The van der Waals surface area contributed by atoms with Gasteiger partial charge >= 0.3 is 0 Å². The maximum absolute atomic E-state index is 12.8. The summed E-state index contributed by atoms with van der Waals surface area (Å²) in [6.07, 6.45) is 2.28. The predicted octanol–water partition coefficient (Wildman–Crippen LogP) is 2.63. The first-order chi connectivity index (χ1) is 11.2. The molecule has 0 aromatic heterocycles. The smallest absolute Gasteiger partial charge is 0.235 e. The zero-order valence-electron chi connectivity index (χ0n) is 14.0. The van der Waals surface area contributed by atoms with E-state index >= 15 is 0 Å². The van der Waals surface area contributed by atoms with Crippen LogP contribution >= 0.6 is 11.8 Å². The van der Waals surface area contributed by atoms with Gasteiger partial charge in [0.1, 0.15) is 5.75 Å². The molecule has 2 heterocycles. The molecule has 0 aliphatic carbocycles. The van der Waals surface area contributed by atoms with Gasteiger partial charge in [-0.15, -0.1) is 11.8 Å². The first-order valence-electron chi connectivity index (χ1n) is 8.47. The van der Waals surface area contributed by atoms with Gasteiger partial charge in [-0.3, -0.25) is 4.79 Å². The Labute approximate surface area is 143 Å². The number of fused-ring (bicyclic) bond motifs is 1. The average Bonchev–Trinajstić information content (AvgIpc) is 2.93. The Kier molecular flexibility index (Phi) is 5.49. The Morgan fingerprint density at radius 2 is 1.83 bits per heavy atom. The third-order valence-electron chi connectivity index (χ3n) is 5.05. The van der Waals surface area contributed by atoms with Crippen molar-refractivity contribution in [3.05, 3.63) is 24.3 Å². The van der Waals surface area contributed by atoms with Crippen LogP contribution in [0.1, 0.15) is 19.8 Å². The number of likely N-dealkylation sites (tertiary alicyclic amines) is 1. The first kappa shape index (κ1) is 16.7. The maximum Gasteiger partial charge on any atom is 0.235 e. The van der Waals surface area contributed by atoms with Crippen molar-refractivity contribution >= 4 is 17.7 Å². The van der Waals surface area contributed by atoms with Crippen LogP contribution < -0.4 is 10.1 Å². The van der Waals surface area contributed by atoms with Crippen molar-refractivity contribution in [1.82, 2.24) is 10.2 Å². The van der Waals surface area contributed by atoms with Crippen molar-refractivity contribution in [3.63, 3.8) is 0 Å². The normalized spacial score (nSPS) is 25.6. The third kappa shape index (κ3) is 4.01. The minimum Gasteiger partial charge on any atom is -0.497 e. The SMILES string of the molecule is COc1ccc(SC(C)C(=O)N2CC[C@@H]3CNC[C@@H]3CC2)cc1. The van der Waals surface area contributed by atoms with E-state index in [-0.39, 0.29) is 11.2 Å². The zero-order valence-corrected chi connectivity index (χ0v) is 14.8. The van der Waals surface area contributed by atoms with Gasteiger partial charge in [0.15, 0.2) is 0 Å². The molecule has 1 aromatic carbocycles. The van der Waals surface area contributed by atoms with Crippen molar-refractivity contribution in [1.29, 1.82) is 0 Å². The molecule has 2 aliphatic heterocycles. The van der Waals surface area contributed by atoms with Crippen molar-refractivity contribution in [3.8, 4) is 5.75 Å². The minimum atomic E-state index is -0.0422. The van der Waals surface area contributed by atoms with E-state index in [4.69, 9.17) is 4.74 Å². The van der Waals surface area contributed by atoms with Crippen LogP contribution in [0.25, 0.3) is 0 Å². The van der Waals surface area contributed by atoms with E-state index in [9.17, 15) is 4.79 Å². The lowest BCUT2D eigenvalue weighted by Crippen LogP contribution is -2.37. The topological polar surface area (TPSA) is 41.6 Å². The van der Waals surface area contributed by atoms with Crippen molar-refractivity contribution < 1.29 is 9.53 Å². The fourth-order valence-corrected chi connectivity index (χ4v) is 4.56. The molecule has 3 rings (SSSR count). The van der Waals surface area contributed by atoms with Gasteiger partial charge in [-0.05, 0) is 69.0 Å². The molecule has 5 heteroatoms. The van der Waals surface area contributed by atoms with Crippen LogP contribution in [0, 0.1) is 11.8 Å². The number of hydrogen-bond acceptors (Lipinski definition) is 4. The van der Waals surface area contributed by atoms with E-state index in [2.05, 4.69) is 10.2 Å². The number of carbonyl (C=O) groups excluding carboxylic acids is 1. The fraction of sp³-hybridized carbons (Fsp3) is 0.611. The summed E-state index contributed by atoms with van der Waals surface area (Å²) in [6, 6.07) is 7.93. The molecule has 0 spiro atoms. The standard InChI is InChI=1S/C18H26N2O2S/c1-13(23-17-5-3-16(22-2)4-6-17)18(21)20-9-7-14-11-19-12-15(14)8-10-20/h3-6,13-15,19H,7-12H2,1-2H3/t13?,14-,15+. The maximum atomic E-state index is 12.8. The van der Waals surface area contributed by atoms with Crippen LogP contribution in [0.5, 0.6) is 5.75 Å². The number of hydrogen-bond donors (Lipinski definition) is 1. The molecular formula is C18H26N2O2S. The number of amides is 1. The zero-order chi connectivity index (χ0) is 16.2. The van der Waals surface area contributed by atoms with Crippen molar-refractivity contribution in [2.24, 2.45) is 11.8 Å². The summed E-state index contributed by atoms with van der Waals surface area (Å²) in [5.74, 6) is 2.65. The van der Waals surface area contributed by atoms with Gasteiger partial charge in [0.05, 0.1) is 12.4 Å². The molecular weight excluding hydrogens is 308 g/mol. The fourth-order valence-electron chi connectivity index (χ4n) is 3.60. The molecule has 1 amide bonds. The lowest BCUT2D eigenvalue weighted by atomic mass is 9.92. The molecule has 1 N–H and O–H groups in total. The lowest BCUT2D eigenvalue weighted by Gasteiger charge is -2.24. The molecule has 1 unspecified atom stereocenters. The molecule has 4 nitrogen and oxygen atoms in total. The van der Waals surface area contributed by atoms with Gasteiger partial charge in [-0.1, -0.05) is 0 Å². The van der Waals surface area contributed by atoms with Gasteiger partial charge in [-0.25, -0.2) is 0 Å². The largest absolute Gasteiger partial charge is 0.497 e. The molecule has 0 saturated carbocycles. The molecule has 2 fully saturated rings. The van der Waals surface area contributed by atoms with E-state index in [1.807, 2.05) is 31.2 Å². The highest BCUT2D eigenvalue weighted by atomic mass is 32.2. The molecule has 0 bridgehead atoms. The summed E-state index contributed by atoms with van der Waals surface area (Å²) in [7, 11) is 1.67. The molecule has 0 radical (unpaired) electrons. The third-order valence-corrected chi connectivity index (χ3v) is 6.15. The summed E-state index contributed by atoms with van der Waals surface area (Å²) in [5, 5.41) is 3.44. The predicted molar refractivity (Wildman–Crippen MR) is 94.0 cm³/mol. The van der Waals surface area contributed by atoms with Crippen molar-refractivity contribution in [2.75, 3.05) is 33.3 Å². The quantitative estimate of drug-likeness (QED) is 0.860. The van der Waals surface area contributed by atoms with Gasteiger partial charge in [-0.2, -0.15) is 0 Å². The van der Waals surface area contributed by atoms with Crippen LogP contribution in [0.3, 0.4) is 0 Å². The average molecular weight is 334 g/mol. The summed E-state index contributed by atoms with van der Waals surface area (Å²) in [6.45, 7) is 6.10. The van der Waals surface area contributed by atoms with Crippen LogP contribution in [0.4, 0.5) is 0 Å². The van der Waals surface area contributed by atoms with Crippen LogP contribution in [0.15, 0.2) is 29.2 Å². The summed E-state index contributed by atoms with van der Waals surface area (Å²) in [5.41, 5.74) is 0. The van der Waals surface area contributed by atoms with Crippen LogP contribution in [-0.2, 0) is 4.79 Å². The molecule has 23 heavy (non-hydrogen) atoms. The van der Waals surface area contributed by atoms with Gasteiger partial charge in [0.25, 0.3) is 0 Å². The second kappa shape index (κ2) is 7.58. The number of carbonyl (C=O) groups is 1. The summed E-state index contributed by atoms with van der Waals surface area (Å²) < 4.78 is 5.18. The minimum absolute atomic E-state index is 0.0422. The first-order valence-corrected chi connectivity index (χ1v) is 9.35. The molecule has 1 aromatic rings. The van der Waals surface area contributed by atoms with E-state index in [1.54, 1.807) is 18.9 Å². The van der Waals surface area contributed by atoms with Crippen LogP contribution in [-0.4, -0.2) is 49.3 Å². The Morgan fingerprint density at radius 3 is 2.39 bits per heavy atom. The highest BCUT2D eigenvalue weighted by Gasteiger charge is 2.32. The van der Waals surface area contributed by atoms with Crippen LogP contribution in [0.2, 0.25) is 0 Å². The Hall–Kier alpha value is -1.20. The Bertz CT molecular complexity index is 520. The number of ether oxygens (including phenoxy) is 1. The van der Waals surface area contributed by atoms with Gasteiger partial charge in [0.2, 0.25) is 5.91 Å². The molecule has 2 aliphatic rings. The summed E-state index contributed by atoms with van der Waals surface area (Å²) >= 11 is 1.63. The van der Waals surface area contributed by atoms with Gasteiger partial charge < -0.3 is 15.0 Å². The molecule has 3 atom stereocenters. The number of nitrogens with one attached hydrogen (secondary N) is 1. The van der Waals surface area contributed by atoms with E-state index in [0.29, 0.717) is 0 Å². The lowest BCUT2D eigenvalue weighted by molar-refractivity contribution is -0.130. The number of nitrogens with zero attached hydrogens (tertiary/aromatic N) is 1. The monoisotopic (exact) mass is 334 g/mol. The number of thioether (sulfide) groups is 1. The second-order valence-corrected chi connectivity index (χ2v) is 7.93.